The first-order valence-corrected chi connectivity index (χ1v) is 10.6. The van der Waals surface area contributed by atoms with Gasteiger partial charge in [-0.15, -0.1) is 10.2 Å². The number of aryl methyl sites for hydroxylation is 1. The lowest BCUT2D eigenvalue weighted by molar-refractivity contribution is -0.207. The second-order valence-corrected chi connectivity index (χ2v) is 8.19. The van der Waals surface area contributed by atoms with E-state index in [2.05, 4.69) is 20.2 Å². The summed E-state index contributed by atoms with van der Waals surface area (Å²) in [6.45, 7) is 0.103. The van der Waals surface area contributed by atoms with E-state index in [1.54, 1.807) is 17.8 Å². The first-order chi connectivity index (χ1) is 16.5. The van der Waals surface area contributed by atoms with Crippen molar-refractivity contribution in [3.63, 3.8) is 0 Å². The maximum absolute atomic E-state index is 13.0. The van der Waals surface area contributed by atoms with Gasteiger partial charge in [-0.1, -0.05) is 11.6 Å². The summed E-state index contributed by atoms with van der Waals surface area (Å²) < 4.78 is 43.7. The van der Waals surface area contributed by atoms with Crippen molar-refractivity contribution in [1.82, 2.24) is 38.7 Å². The Morgan fingerprint density at radius 2 is 1.83 bits per heavy atom. The number of aliphatic hydroxyl groups excluding tert-OH is 2. The van der Waals surface area contributed by atoms with Crippen molar-refractivity contribution >= 4 is 11.6 Å². The maximum Gasteiger partial charge on any atom is 0.416 e. The number of rotatable bonds is 7. The van der Waals surface area contributed by atoms with E-state index in [1.807, 2.05) is 0 Å². The van der Waals surface area contributed by atoms with Crippen LogP contribution in [0, 0.1) is 0 Å². The normalized spacial score (nSPS) is 13.8. The number of nitrogens with zero attached hydrogens (tertiary/aromatic N) is 8. The third-order valence-corrected chi connectivity index (χ3v) is 5.34. The van der Waals surface area contributed by atoms with Crippen LogP contribution in [0.2, 0.25) is 5.02 Å². The third-order valence-electron chi connectivity index (χ3n) is 5.08. The first kappa shape index (κ1) is 24.6. The molecule has 3 aromatic heterocycles. The highest BCUT2D eigenvalue weighted by Crippen LogP contribution is 2.24. The average Bonchev–Trinajstić information content (AvgIpc) is 3.47. The van der Waals surface area contributed by atoms with Crippen LogP contribution in [0.25, 0.3) is 17.3 Å². The van der Waals surface area contributed by atoms with Gasteiger partial charge in [-0.05, 0) is 31.2 Å². The van der Waals surface area contributed by atoms with Crippen LogP contribution in [0.1, 0.15) is 24.7 Å². The number of hydrogen-bond acceptors (Lipinski definition) is 7. The fourth-order valence-corrected chi connectivity index (χ4v) is 3.47. The maximum atomic E-state index is 13.0. The van der Waals surface area contributed by atoms with E-state index >= 15 is 0 Å². The summed E-state index contributed by atoms with van der Waals surface area (Å²) in [5.74, 6) is 0.462. The molecule has 186 valence electrons. The fraction of sp³-hybridized carbons (Fsp3) is 0.350. The Hall–Kier alpha value is -3.49. The lowest BCUT2D eigenvalue weighted by atomic mass is 10.2. The number of aromatic nitrogens is 8. The SMILES string of the molecule is CC(O)c1nc(Cn2nc(-c3ccc(Cl)cc3)n(CC(O)C(F)(F)F)c2=O)nn1-c1nccn1C. The quantitative estimate of drug-likeness (QED) is 0.385. The molecule has 0 fully saturated rings. The molecular formula is C20H20ClF3N8O3. The van der Waals surface area contributed by atoms with E-state index in [1.165, 1.54) is 42.1 Å². The largest absolute Gasteiger partial charge is 0.416 e. The van der Waals surface area contributed by atoms with Gasteiger partial charge >= 0.3 is 11.9 Å². The van der Waals surface area contributed by atoms with Crippen LogP contribution in [0.5, 0.6) is 0 Å². The van der Waals surface area contributed by atoms with Gasteiger partial charge in [0, 0.05) is 30.0 Å². The molecule has 0 bridgehead atoms. The van der Waals surface area contributed by atoms with Gasteiger partial charge in [-0.3, -0.25) is 4.57 Å². The van der Waals surface area contributed by atoms with Crippen molar-refractivity contribution in [2.24, 2.45) is 7.05 Å². The second-order valence-electron chi connectivity index (χ2n) is 7.75. The van der Waals surface area contributed by atoms with Crippen LogP contribution in [0.15, 0.2) is 41.5 Å². The zero-order chi connectivity index (χ0) is 25.5. The summed E-state index contributed by atoms with van der Waals surface area (Å²) in [6.07, 6.45) is -5.56. The molecule has 0 amide bonds. The van der Waals surface area contributed by atoms with Gasteiger partial charge in [0.05, 0.1) is 6.54 Å². The number of alkyl halides is 3. The molecule has 0 saturated heterocycles. The monoisotopic (exact) mass is 512 g/mol. The Bertz CT molecular complexity index is 1390. The number of hydrogen-bond donors (Lipinski definition) is 2. The van der Waals surface area contributed by atoms with Gasteiger partial charge in [0.1, 0.15) is 12.6 Å². The molecule has 0 aliphatic carbocycles. The molecule has 0 aliphatic rings. The molecule has 15 heteroatoms. The van der Waals surface area contributed by atoms with Gasteiger partial charge in [0.15, 0.2) is 23.6 Å². The van der Waals surface area contributed by atoms with E-state index < -0.39 is 30.6 Å². The third kappa shape index (κ3) is 4.99. The summed E-state index contributed by atoms with van der Waals surface area (Å²) in [4.78, 5) is 21.5. The lowest BCUT2D eigenvalue weighted by Crippen LogP contribution is -2.37. The summed E-state index contributed by atoms with van der Waals surface area (Å²) in [5.41, 5.74) is -0.596. The van der Waals surface area contributed by atoms with Crippen molar-refractivity contribution in [3.8, 4) is 17.3 Å². The molecule has 4 rings (SSSR count). The zero-order valence-electron chi connectivity index (χ0n) is 18.4. The van der Waals surface area contributed by atoms with Gasteiger partial charge in [0.2, 0.25) is 5.95 Å². The molecule has 4 aromatic rings. The lowest BCUT2D eigenvalue weighted by Gasteiger charge is -2.15. The Morgan fingerprint density at radius 3 is 2.40 bits per heavy atom. The molecule has 0 radical (unpaired) electrons. The van der Waals surface area contributed by atoms with Crippen LogP contribution in [0.3, 0.4) is 0 Å². The number of halogens is 4. The van der Waals surface area contributed by atoms with Crippen LogP contribution >= 0.6 is 11.6 Å². The minimum absolute atomic E-state index is 0.0645. The highest BCUT2D eigenvalue weighted by molar-refractivity contribution is 6.30. The molecule has 1 aromatic carbocycles. The Kier molecular flexibility index (Phi) is 6.53. The standard InChI is InChI=1S/C20H20ClF3N8O3/c1-11(33)16-26-15(27-32(16)18-25-7-8-29(18)2)10-31-19(35)30(9-14(34)20(22,23)24)17(28-31)12-3-5-13(21)6-4-12/h3-8,11,14,33-34H,9-10H2,1-2H3. The van der Waals surface area contributed by atoms with Crippen molar-refractivity contribution in [2.45, 2.75) is 38.4 Å². The van der Waals surface area contributed by atoms with Crippen molar-refractivity contribution in [3.05, 3.63) is 63.8 Å². The summed E-state index contributed by atoms with van der Waals surface area (Å²) in [7, 11) is 1.71. The molecule has 2 N–H and O–H groups in total. The predicted octanol–water partition coefficient (Wildman–Crippen LogP) is 1.70. The Morgan fingerprint density at radius 1 is 1.14 bits per heavy atom. The summed E-state index contributed by atoms with van der Waals surface area (Å²) in [6, 6.07) is 5.97. The molecular weight excluding hydrogens is 493 g/mol. The number of imidazole rings is 1. The van der Waals surface area contributed by atoms with E-state index in [-0.39, 0.29) is 24.0 Å². The minimum Gasteiger partial charge on any atom is -0.385 e. The molecule has 0 spiro atoms. The predicted molar refractivity (Wildman–Crippen MR) is 117 cm³/mol. The molecule has 2 unspecified atom stereocenters. The smallest absolute Gasteiger partial charge is 0.385 e. The van der Waals surface area contributed by atoms with Crippen LogP contribution < -0.4 is 5.69 Å². The van der Waals surface area contributed by atoms with Crippen molar-refractivity contribution < 1.29 is 23.4 Å². The molecule has 11 nitrogen and oxygen atoms in total. The number of benzene rings is 1. The van der Waals surface area contributed by atoms with Crippen LogP contribution in [-0.2, 0) is 20.1 Å². The van der Waals surface area contributed by atoms with Crippen molar-refractivity contribution in [1.29, 1.82) is 0 Å². The van der Waals surface area contributed by atoms with Gasteiger partial charge in [-0.2, -0.15) is 17.9 Å². The van der Waals surface area contributed by atoms with Gasteiger partial charge in [-0.25, -0.2) is 19.4 Å². The first-order valence-electron chi connectivity index (χ1n) is 10.3. The molecule has 0 aliphatic heterocycles. The zero-order valence-corrected chi connectivity index (χ0v) is 19.2. The topological polar surface area (TPSA) is 129 Å². The van der Waals surface area contributed by atoms with Gasteiger partial charge in [0.25, 0.3) is 0 Å². The minimum atomic E-state index is -4.94. The van der Waals surface area contributed by atoms with Gasteiger partial charge < -0.3 is 14.8 Å². The van der Waals surface area contributed by atoms with E-state index in [9.17, 15) is 28.2 Å². The van der Waals surface area contributed by atoms with E-state index in [4.69, 9.17) is 11.6 Å². The molecule has 0 saturated carbocycles. The fourth-order valence-electron chi connectivity index (χ4n) is 3.35. The highest BCUT2D eigenvalue weighted by Gasteiger charge is 2.39. The van der Waals surface area contributed by atoms with E-state index in [0.717, 1.165) is 9.25 Å². The second kappa shape index (κ2) is 9.28. The van der Waals surface area contributed by atoms with E-state index in [0.29, 0.717) is 16.5 Å². The number of aliphatic hydroxyl groups is 2. The Labute approximate surface area is 200 Å². The van der Waals surface area contributed by atoms with Crippen LogP contribution in [0.4, 0.5) is 13.2 Å². The summed E-state index contributed by atoms with van der Waals surface area (Å²) >= 11 is 5.89. The molecule has 35 heavy (non-hydrogen) atoms. The molecule has 3 heterocycles. The molecule has 2 atom stereocenters. The Balaban J connectivity index is 1.77. The highest BCUT2D eigenvalue weighted by atomic mass is 35.5. The van der Waals surface area contributed by atoms with Crippen LogP contribution in [-0.4, -0.2) is 61.2 Å². The summed E-state index contributed by atoms with van der Waals surface area (Å²) in [5, 5.41) is 28.6. The van der Waals surface area contributed by atoms with Crippen molar-refractivity contribution in [2.75, 3.05) is 0 Å². The average molecular weight is 513 g/mol.